The summed E-state index contributed by atoms with van der Waals surface area (Å²) in [4.78, 5) is 13.4. The van der Waals surface area contributed by atoms with E-state index in [1.807, 2.05) is 0 Å². The molecule has 0 spiro atoms. The SMILES string of the molecule is CNS(=O)(=O)c1cccc(CNC(=O)C2(c3ccc(Cl)cc3Cl)CCOCC2)c1. The van der Waals surface area contributed by atoms with Crippen LogP contribution in [-0.2, 0) is 31.5 Å². The van der Waals surface area contributed by atoms with Gasteiger partial charge in [-0.2, -0.15) is 0 Å². The number of carbonyl (C=O) groups is 1. The van der Waals surface area contributed by atoms with Gasteiger partial charge in [-0.25, -0.2) is 13.1 Å². The third-order valence-electron chi connectivity index (χ3n) is 5.16. The minimum atomic E-state index is -3.55. The van der Waals surface area contributed by atoms with Crippen molar-refractivity contribution in [1.29, 1.82) is 0 Å². The number of halogens is 2. The molecule has 2 aromatic carbocycles. The number of benzene rings is 2. The second-order valence-electron chi connectivity index (χ2n) is 6.86. The van der Waals surface area contributed by atoms with Gasteiger partial charge >= 0.3 is 0 Å². The van der Waals surface area contributed by atoms with Crippen LogP contribution in [0.5, 0.6) is 0 Å². The highest BCUT2D eigenvalue weighted by molar-refractivity contribution is 7.89. The van der Waals surface area contributed by atoms with Crippen LogP contribution in [0.25, 0.3) is 0 Å². The van der Waals surface area contributed by atoms with Gasteiger partial charge in [-0.3, -0.25) is 4.79 Å². The monoisotopic (exact) mass is 456 g/mol. The average Bonchev–Trinajstić information content (AvgIpc) is 2.72. The Morgan fingerprint density at radius 2 is 1.86 bits per heavy atom. The van der Waals surface area contributed by atoms with E-state index < -0.39 is 15.4 Å². The Balaban J connectivity index is 1.84. The molecule has 9 heteroatoms. The van der Waals surface area contributed by atoms with Crippen molar-refractivity contribution >= 4 is 39.1 Å². The number of hydrogen-bond acceptors (Lipinski definition) is 4. The van der Waals surface area contributed by atoms with Gasteiger partial charge in [0.1, 0.15) is 0 Å². The van der Waals surface area contributed by atoms with Crippen LogP contribution in [0.15, 0.2) is 47.4 Å². The first-order chi connectivity index (χ1) is 13.8. The van der Waals surface area contributed by atoms with Crippen LogP contribution in [0.1, 0.15) is 24.0 Å². The predicted octanol–water partition coefficient (Wildman–Crippen LogP) is 3.27. The fraction of sp³-hybridized carbons (Fsp3) is 0.350. The van der Waals surface area contributed by atoms with E-state index in [1.54, 1.807) is 30.3 Å². The molecule has 0 radical (unpaired) electrons. The van der Waals surface area contributed by atoms with E-state index in [1.165, 1.54) is 19.2 Å². The first-order valence-electron chi connectivity index (χ1n) is 9.12. The lowest BCUT2D eigenvalue weighted by molar-refractivity contribution is -0.130. The molecule has 0 bridgehead atoms. The van der Waals surface area contributed by atoms with Crippen LogP contribution in [0, 0.1) is 0 Å². The summed E-state index contributed by atoms with van der Waals surface area (Å²) in [6.07, 6.45) is 0.989. The highest BCUT2D eigenvalue weighted by Crippen LogP contribution is 2.40. The van der Waals surface area contributed by atoms with Gasteiger partial charge < -0.3 is 10.1 Å². The normalized spacial score (nSPS) is 16.4. The van der Waals surface area contributed by atoms with Crippen LogP contribution >= 0.6 is 23.2 Å². The molecule has 0 aliphatic carbocycles. The van der Waals surface area contributed by atoms with E-state index >= 15 is 0 Å². The zero-order chi connectivity index (χ0) is 21.1. The lowest BCUT2D eigenvalue weighted by Crippen LogP contribution is -2.48. The molecule has 1 amide bonds. The van der Waals surface area contributed by atoms with Gasteiger partial charge in [-0.1, -0.05) is 41.4 Å². The van der Waals surface area contributed by atoms with Gasteiger partial charge in [0.05, 0.1) is 10.3 Å². The van der Waals surface area contributed by atoms with Crippen molar-refractivity contribution in [2.45, 2.75) is 29.7 Å². The third-order valence-corrected chi connectivity index (χ3v) is 7.12. The smallest absolute Gasteiger partial charge is 0.240 e. The third kappa shape index (κ3) is 4.75. The molecular formula is C20H22Cl2N2O4S. The molecule has 0 saturated carbocycles. The lowest BCUT2D eigenvalue weighted by atomic mass is 9.73. The van der Waals surface area contributed by atoms with E-state index in [-0.39, 0.29) is 17.3 Å². The largest absolute Gasteiger partial charge is 0.381 e. The summed E-state index contributed by atoms with van der Waals surface area (Å²) >= 11 is 12.4. The first-order valence-corrected chi connectivity index (χ1v) is 11.4. The maximum Gasteiger partial charge on any atom is 0.240 e. The number of hydrogen-bond donors (Lipinski definition) is 2. The Bertz CT molecular complexity index is 1010. The van der Waals surface area contributed by atoms with Crippen molar-refractivity contribution in [3.63, 3.8) is 0 Å². The summed E-state index contributed by atoms with van der Waals surface area (Å²) in [6, 6.07) is 11.6. The molecule has 2 N–H and O–H groups in total. The number of sulfonamides is 1. The van der Waals surface area contributed by atoms with Crippen LogP contribution in [0.4, 0.5) is 0 Å². The molecule has 0 aromatic heterocycles. The molecule has 29 heavy (non-hydrogen) atoms. The number of carbonyl (C=O) groups excluding carboxylic acids is 1. The molecule has 1 saturated heterocycles. The standard InChI is InChI=1S/C20H22Cl2N2O4S/c1-23-29(26,27)16-4-2-3-14(11-16)13-24-19(25)20(7-9-28-10-8-20)17-6-5-15(21)12-18(17)22/h2-6,11-12,23H,7-10,13H2,1H3,(H,24,25). The topological polar surface area (TPSA) is 84.5 Å². The zero-order valence-electron chi connectivity index (χ0n) is 15.9. The second kappa shape index (κ2) is 9.02. The van der Waals surface area contributed by atoms with Crippen LogP contribution in [-0.4, -0.2) is 34.6 Å². The van der Waals surface area contributed by atoms with Crippen LogP contribution < -0.4 is 10.0 Å². The molecule has 1 aliphatic rings. The maximum absolute atomic E-state index is 13.3. The molecular weight excluding hydrogens is 435 g/mol. The van der Waals surface area contributed by atoms with E-state index in [4.69, 9.17) is 27.9 Å². The number of ether oxygens (including phenoxy) is 1. The lowest BCUT2D eigenvalue weighted by Gasteiger charge is -2.37. The van der Waals surface area contributed by atoms with Crippen molar-refractivity contribution in [3.8, 4) is 0 Å². The van der Waals surface area contributed by atoms with Gasteiger partial charge in [0.25, 0.3) is 0 Å². The average molecular weight is 457 g/mol. The number of nitrogens with one attached hydrogen (secondary N) is 2. The van der Waals surface area contributed by atoms with Gasteiger partial charge in [-0.05, 0) is 55.3 Å². The molecule has 1 heterocycles. The number of amides is 1. The summed E-state index contributed by atoms with van der Waals surface area (Å²) in [7, 11) is -2.20. The van der Waals surface area contributed by atoms with Crippen LogP contribution in [0.3, 0.4) is 0 Å². The molecule has 156 valence electrons. The fourth-order valence-corrected chi connectivity index (χ4v) is 4.90. The summed E-state index contributed by atoms with van der Waals surface area (Å²) in [6.45, 7) is 1.09. The Morgan fingerprint density at radius 3 is 2.52 bits per heavy atom. The van der Waals surface area contributed by atoms with Gasteiger partial charge in [0, 0.05) is 29.8 Å². The Labute approximate surface area is 180 Å². The Hall–Kier alpha value is -1.64. The van der Waals surface area contributed by atoms with E-state index in [9.17, 15) is 13.2 Å². The molecule has 1 aliphatic heterocycles. The van der Waals surface area contributed by atoms with Gasteiger partial charge in [0.2, 0.25) is 15.9 Å². The summed E-state index contributed by atoms with van der Waals surface area (Å²) in [5.41, 5.74) is 0.573. The van der Waals surface area contributed by atoms with Crippen molar-refractivity contribution in [3.05, 3.63) is 63.6 Å². The maximum atomic E-state index is 13.3. The highest BCUT2D eigenvalue weighted by Gasteiger charge is 2.43. The predicted molar refractivity (Wildman–Crippen MR) is 113 cm³/mol. The zero-order valence-corrected chi connectivity index (χ0v) is 18.2. The molecule has 3 rings (SSSR count). The summed E-state index contributed by atoms with van der Waals surface area (Å²) in [5, 5.41) is 3.89. The van der Waals surface area contributed by atoms with Crippen molar-refractivity contribution in [1.82, 2.24) is 10.0 Å². The first kappa shape index (κ1) is 22.1. The number of rotatable bonds is 6. The summed E-state index contributed by atoms with van der Waals surface area (Å²) < 4.78 is 31.8. The van der Waals surface area contributed by atoms with Crippen LogP contribution in [0.2, 0.25) is 10.0 Å². The van der Waals surface area contributed by atoms with Crippen molar-refractivity contribution in [2.75, 3.05) is 20.3 Å². The van der Waals surface area contributed by atoms with Gasteiger partial charge in [-0.15, -0.1) is 0 Å². The summed E-state index contributed by atoms with van der Waals surface area (Å²) in [5.74, 6) is -0.174. The molecule has 1 fully saturated rings. The quantitative estimate of drug-likeness (QED) is 0.698. The van der Waals surface area contributed by atoms with Crippen molar-refractivity contribution < 1.29 is 17.9 Å². The molecule has 2 aromatic rings. The highest BCUT2D eigenvalue weighted by atomic mass is 35.5. The second-order valence-corrected chi connectivity index (χ2v) is 9.59. The Morgan fingerprint density at radius 1 is 1.14 bits per heavy atom. The van der Waals surface area contributed by atoms with E-state index in [0.29, 0.717) is 41.7 Å². The molecule has 6 nitrogen and oxygen atoms in total. The van der Waals surface area contributed by atoms with Gasteiger partial charge in [0.15, 0.2) is 0 Å². The van der Waals surface area contributed by atoms with E-state index in [0.717, 1.165) is 5.56 Å². The molecule has 0 unspecified atom stereocenters. The van der Waals surface area contributed by atoms with Crippen molar-refractivity contribution in [2.24, 2.45) is 0 Å². The fourth-order valence-electron chi connectivity index (χ4n) is 3.51. The minimum absolute atomic E-state index is 0.147. The van der Waals surface area contributed by atoms with E-state index in [2.05, 4.69) is 10.0 Å². The minimum Gasteiger partial charge on any atom is -0.381 e. The Kier molecular flexibility index (Phi) is 6.86. The molecule has 0 atom stereocenters.